The Morgan fingerprint density at radius 3 is 2.02 bits per heavy atom. The second-order valence-electron chi connectivity index (χ2n) is 10.2. The first-order chi connectivity index (χ1) is 18.7. The molecule has 0 aliphatic rings. The molecular formula is C29H32Cl2FN3O4S. The summed E-state index contributed by atoms with van der Waals surface area (Å²) in [7, 11) is -4.26. The molecule has 0 spiro atoms. The van der Waals surface area contributed by atoms with Crippen molar-refractivity contribution in [2.45, 2.75) is 57.1 Å². The molecule has 3 aromatic rings. The van der Waals surface area contributed by atoms with Gasteiger partial charge < -0.3 is 10.2 Å². The van der Waals surface area contributed by atoms with Crippen molar-refractivity contribution >= 4 is 50.7 Å². The molecule has 0 saturated carbocycles. The van der Waals surface area contributed by atoms with E-state index in [4.69, 9.17) is 23.2 Å². The van der Waals surface area contributed by atoms with Gasteiger partial charge in [0.25, 0.3) is 10.0 Å². The van der Waals surface area contributed by atoms with Crippen molar-refractivity contribution in [1.82, 2.24) is 10.2 Å². The van der Waals surface area contributed by atoms with Crippen LogP contribution in [-0.2, 0) is 26.2 Å². The van der Waals surface area contributed by atoms with Crippen LogP contribution in [-0.4, -0.2) is 43.3 Å². The van der Waals surface area contributed by atoms with E-state index in [9.17, 15) is 22.4 Å². The van der Waals surface area contributed by atoms with Gasteiger partial charge >= 0.3 is 0 Å². The number of rotatable bonds is 10. The minimum Gasteiger partial charge on any atom is -0.350 e. The number of hydrogen-bond acceptors (Lipinski definition) is 4. The smallest absolute Gasteiger partial charge is 0.264 e. The van der Waals surface area contributed by atoms with E-state index in [2.05, 4.69) is 5.32 Å². The summed E-state index contributed by atoms with van der Waals surface area (Å²) in [6.07, 6.45) is 0.234. The quantitative estimate of drug-likeness (QED) is 0.304. The SMILES string of the molecule is CC[C@H](C(=O)NC(C)(C)C)N(Cc1c(Cl)cccc1Cl)C(=O)CN(c1ccc(F)cc1)S(=O)(=O)c1ccccc1. The van der Waals surface area contributed by atoms with Crippen molar-refractivity contribution < 1.29 is 22.4 Å². The number of halogens is 3. The highest BCUT2D eigenvalue weighted by molar-refractivity contribution is 7.92. The summed E-state index contributed by atoms with van der Waals surface area (Å²) in [6, 6.07) is 16.3. The zero-order chi connectivity index (χ0) is 29.7. The number of carbonyl (C=O) groups is 2. The van der Waals surface area contributed by atoms with Crippen LogP contribution < -0.4 is 9.62 Å². The lowest BCUT2D eigenvalue weighted by Gasteiger charge is -2.35. The van der Waals surface area contributed by atoms with Crippen molar-refractivity contribution in [3.8, 4) is 0 Å². The summed E-state index contributed by atoms with van der Waals surface area (Å²) in [4.78, 5) is 28.6. The maximum absolute atomic E-state index is 14.0. The maximum Gasteiger partial charge on any atom is 0.264 e. The van der Waals surface area contributed by atoms with Gasteiger partial charge in [-0.3, -0.25) is 13.9 Å². The molecule has 1 N–H and O–H groups in total. The predicted molar refractivity (Wildman–Crippen MR) is 156 cm³/mol. The van der Waals surface area contributed by atoms with Crippen LogP contribution in [0.25, 0.3) is 0 Å². The number of sulfonamides is 1. The van der Waals surface area contributed by atoms with E-state index in [0.717, 1.165) is 16.4 Å². The summed E-state index contributed by atoms with van der Waals surface area (Å²) in [5, 5.41) is 3.49. The van der Waals surface area contributed by atoms with E-state index in [1.807, 2.05) is 20.8 Å². The van der Waals surface area contributed by atoms with Crippen LogP contribution in [0.3, 0.4) is 0 Å². The molecule has 0 unspecified atom stereocenters. The first-order valence-electron chi connectivity index (χ1n) is 12.6. The fraction of sp³-hybridized carbons (Fsp3) is 0.310. The molecule has 7 nitrogen and oxygen atoms in total. The Bertz CT molecular complexity index is 1430. The Morgan fingerprint density at radius 2 is 1.50 bits per heavy atom. The van der Waals surface area contributed by atoms with E-state index >= 15 is 0 Å². The number of anilines is 1. The number of amides is 2. The third kappa shape index (κ3) is 7.74. The molecule has 0 aromatic heterocycles. The fourth-order valence-electron chi connectivity index (χ4n) is 4.08. The highest BCUT2D eigenvalue weighted by Gasteiger charge is 2.35. The second kappa shape index (κ2) is 13.0. The summed E-state index contributed by atoms with van der Waals surface area (Å²) >= 11 is 12.8. The Balaban J connectivity index is 2.10. The summed E-state index contributed by atoms with van der Waals surface area (Å²) in [5.74, 6) is -1.64. The van der Waals surface area contributed by atoms with Crippen LogP contribution in [0.4, 0.5) is 10.1 Å². The molecule has 0 bridgehead atoms. The van der Waals surface area contributed by atoms with E-state index < -0.39 is 45.8 Å². The van der Waals surface area contributed by atoms with E-state index in [-0.39, 0.29) is 23.5 Å². The minimum absolute atomic E-state index is 0.0506. The Hall–Kier alpha value is -3.14. The van der Waals surface area contributed by atoms with Gasteiger partial charge in [-0.15, -0.1) is 0 Å². The number of carbonyl (C=O) groups excluding carboxylic acids is 2. The van der Waals surface area contributed by atoms with Gasteiger partial charge in [0.15, 0.2) is 0 Å². The number of nitrogens with zero attached hydrogens (tertiary/aromatic N) is 2. The van der Waals surface area contributed by atoms with Crippen molar-refractivity contribution in [3.05, 3.63) is 94.2 Å². The largest absolute Gasteiger partial charge is 0.350 e. The highest BCUT2D eigenvalue weighted by atomic mass is 35.5. The number of hydrogen-bond donors (Lipinski definition) is 1. The molecule has 0 fully saturated rings. The summed E-state index contributed by atoms with van der Waals surface area (Å²) in [6.45, 7) is 6.40. The van der Waals surface area contributed by atoms with Gasteiger partial charge in [0, 0.05) is 27.7 Å². The molecule has 2 amide bonds. The van der Waals surface area contributed by atoms with Crippen LogP contribution in [0.2, 0.25) is 10.0 Å². The van der Waals surface area contributed by atoms with Gasteiger partial charge in [0.05, 0.1) is 10.6 Å². The summed E-state index contributed by atoms with van der Waals surface area (Å²) in [5.41, 5.74) is -0.0834. The maximum atomic E-state index is 14.0. The standard InChI is InChI=1S/C29H32Cl2FN3O4S/c1-5-26(28(37)33-29(2,3)4)34(18-23-24(30)12-9-13-25(23)31)27(36)19-35(21-16-14-20(32)15-17-21)40(38,39)22-10-7-6-8-11-22/h6-17,26H,5,18-19H2,1-4H3,(H,33,37)/t26-/m1/s1. The van der Waals surface area contributed by atoms with Gasteiger partial charge in [-0.1, -0.05) is 54.4 Å². The van der Waals surface area contributed by atoms with Crippen LogP contribution in [0.15, 0.2) is 77.7 Å². The minimum atomic E-state index is -4.26. The molecule has 214 valence electrons. The second-order valence-corrected chi connectivity index (χ2v) is 12.9. The van der Waals surface area contributed by atoms with Crippen LogP contribution in [0.1, 0.15) is 39.7 Å². The van der Waals surface area contributed by atoms with Crippen molar-refractivity contribution in [3.63, 3.8) is 0 Å². The Labute approximate surface area is 244 Å². The fourth-order valence-corrected chi connectivity index (χ4v) is 6.03. The Kier molecular flexibility index (Phi) is 10.2. The lowest BCUT2D eigenvalue weighted by atomic mass is 10.1. The van der Waals surface area contributed by atoms with Gasteiger partial charge in [-0.05, 0) is 75.7 Å². The average molecular weight is 609 g/mol. The zero-order valence-corrected chi connectivity index (χ0v) is 25.0. The van der Waals surface area contributed by atoms with E-state index in [0.29, 0.717) is 15.6 Å². The lowest BCUT2D eigenvalue weighted by molar-refractivity contribution is -0.141. The molecular weight excluding hydrogens is 576 g/mol. The first kappa shape index (κ1) is 31.4. The van der Waals surface area contributed by atoms with Gasteiger partial charge in [0.1, 0.15) is 18.4 Å². The van der Waals surface area contributed by atoms with Crippen LogP contribution in [0.5, 0.6) is 0 Å². The molecule has 1 atom stereocenters. The van der Waals surface area contributed by atoms with Gasteiger partial charge in [-0.25, -0.2) is 12.8 Å². The third-order valence-electron chi connectivity index (χ3n) is 6.00. The van der Waals surface area contributed by atoms with Crippen molar-refractivity contribution in [1.29, 1.82) is 0 Å². The molecule has 40 heavy (non-hydrogen) atoms. The lowest BCUT2D eigenvalue weighted by Crippen LogP contribution is -2.55. The zero-order valence-electron chi connectivity index (χ0n) is 22.7. The Morgan fingerprint density at radius 1 is 0.925 bits per heavy atom. The molecule has 3 rings (SSSR count). The molecule has 0 aliphatic heterocycles. The number of nitrogens with one attached hydrogen (secondary N) is 1. The van der Waals surface area contributed by atoms with Crippen molar-refractivity contribution in [2.75, 3.05) is 10.8 Å². The van der Waals surface area contributed by atoms with Crippen LogP contribution >= 0.6 is 23.2 Å². The predicted octanol–water partition coefficient (Wildman–Crippen LogP) is 6.05. The molecule has 11 heteroatoms. The van der Waals surface area contributed by atoms with E-state index in [1.165, 1.54) is 29.2 Å². The van der Waals surface area contributed by atoms with E-state index in [1.54, 1.807) is 43.3 Å². The van der Waals surface area contributed by atoms with Crippen LogP contribution in [0, 0.1) is 5.82 Å². The monoisotopic (exact) mass is 607 g/mol. The molecule has 0 saturated heterocycles. The molecule has 0 radical (unpaired) electrons. The number of benzene rings is 3. The first-order valence-corrected chi connectivity index (χ1v) is 14.8. The molecule has 3 aromatic carbocycles. The average Bonchev–Trinajstić information content (AvgIpc) is 2.88. The summed E-state index contributed by atoms with van der Waals surface area (Å²) < 4.78 is 42.1. The molecule has 0 aliphatic carbocycles. The third-order valence-corrected chi connectivity index (χ3v) is 8.50. The van der Waals surface area contributed by atoms with Gasteiger partial charge in [0.2, 0.25) is 11.8 Å². The highest BCUT2D eigenvalue weighted by Crippen LogP contribution is 2.29. The topological polar surface area (TPSA) is 86.8 Å². The molecule has 0 heterocycles. The van der Waals surface area contributed by atoms with Gasteiger partial charge in [-0.2, -0.15) is 0 Å². The normalized spacial score (nSPS) is 12.5. The van der Waals surface area contributed by atoms with Crippen molar-refractivity contribution in [2.24, 2.45) is 0 Å².